The summed E-state index contributed by atoms with van der Waals surface area (Å²) in [6.07, 6.45) is 2.69. The summed E-state index contributed by atoms with van der Waals surface area (Å²) in [5.41, 5.74) is 3.27. The van der Waals surface area contributed by atoms with Crippen LogP contribution in [0.2, 0.25) is 5.02 Å². The molecule has 4 rings (SSSR count). The number of ether oxygens (including phenoxy) is 1. The summed E-state index contributed by atoms with van der Waals surface area (Å²) in [6, 6.07) is 9.07. The molecule has 0 bridgehead atoms. The second-order valence-electron chi connectivity index (χ2n) is 7.93. The number of hydrogen-bond acceptors (Lipinski definition) is 6. The number of H-pyrrole nitrogens is 1. The average molecular weight is 469 g/mol. The van der Waals surface area contributed by atoms with Crippen molar-refractivity contribution in [3.8, 4) is 17.1 Å². The van der Waals surface area contributed by atoms with E-state index in [1.165, 1.54) is 13.3 Å². The third-order valence-electron chi connectivity index (χ3n) is 5.67. The van der Waals surface area contributed by atoms with Crippen molar-refractivity contribution in [2.75, 3.05) is 20.2 Å². The second-order valence-corrected chi connectivity index (χ2v) is 8.34. The van der Waals surface area contributed by atoms with E-state index in [-0.39, 0.29) is 17.7 Å². The van der Waals surface area contributed by atoms with Crippen LogP contribution in [0.15, 0.2) is 36.5 Å². The molecule has 172 valence electrons. The van der Waals surface area contributed by atoms with Crippen LogP contribution in [0.25, 0.3) is 11.3 Å². The molecule has 0 aromatic carbocycles. The minimum Gasteiger partial charge on any atom is -0.481 e. The minimum atomic E-state index is -0.159. The van der Waals surface area contributed by atoms with Crippen molar-refractivity contribution in [1.29, 1.82) is 0 Å². The van der Waals surface area contributed by atoms with Crippen molar-refractivity contribution in [3.63, 3.8) is 0 Å². The van der Waals surface area contributed by atoms with Crippen LogP contribution in [-0.2, 0) is 11.3 Å². The van der Waals surface area contributed by atoms with E-state index in [2.05, 4.69) is 25.5 Å². The Hall–Kier alpha value is -3.46. The molecule has 9 nitrogen and oxygen atoms in total. The van der Waals surface area contributed by atoms with E-state index < -0.39 is 0 Å². The molecular weight excluding hydrogens is 444 g/mol. The highest BCUT2D eigenvalue weighted by Crippen LogP contribution is 2.29. The fourth-order valence-corrected chi connectivity index (χ4v) is 4.03. The van der Waals surface area contributed by atoms with Gasteiger partial charge in [-0.25, -0.2) is 4.98 Å². The number of likely N-dealkylation sites (tertiary alicyclic amines) is 1. The quantitative estimate of drug-likeness (QED) is 0.575. The summed E-state index contributed by atoms with van der Waals surface area (Å²) in [7, 11) is 1.52. The third-order valence-corrected chi connectivity index (χ3v) is 5.97. The molecule has 1 aliphatic heterocycles. The van der Waals surface area contributed by atoms with Crippen LogP contribution in [0.4, 0.5) is 0 Å². The Bertz CT molecular complexity index is 1160. The monoisotopic (exact) mass is 468 g/mol. The standard InChI is InChI=1S/C23H25ClN6O3/c1-14-4-3-5-16(27-14)12-26-22(31)15-6-8-30(9-7-15)23(32)20-11-19(28-29-20)17-10-21(33-2)25-13-18(17)24/h3-5,10-11,13,15H,6-9,12H2,1-2H3,(H,26,31)(H,28,29). The van der Waals surface area contributed by atoms with Gasteiger partial charge in [0, 0.05) is 36.3 Å². The van der Waals surface area contributed by atoms with Gasteiger partial charge in [-0.15, -0.1) is 0 Å². The zero-order valence-corrected chi connectivity index (χ0v) is 19.2. The summed E-state index contributed by atoms with van der Waals surface area (Å²) >= 11 is 6.23. The number of aryl methyl sites for hydroxylation is 1. The summed E-state index contributed by atoms with van der Waals surface area (Å²) in [6.45, 7) is 3.32. The molecule has 3 aromatic rings. The molecule has 0 spiro atoms. The number of pyridine rings is 2. The molecular formula is C23H25ClN6O3. The Morgan fingerprint density at radius 1 is 1.27 bits per heavy atom. The molecule has 1 fully saturated rings. The van der Waals surface area contributed by atoms with Gasteiger partial charge in [0.1, 0.15) is 5.69 Å². The highest BCUT2D eigenvalue weighted by Gasteiger charge is 2.28. The number of halogens is 1. The molecule has 10 heteroatoms. The molecule has 4 heterocycles. The van der Waals surface area contributed by atoms with Gasteiger partial charge in [0.15, 0.2) is 0 Å². The molecule has 0 saturated carbocycles. The van der Waals surface area contributed by atoms with Crippen LogP contribution < -0.4 is 10.1 Å². The maximum absolute atomic E-state index is 12.9. The lowest BCUT2D eigenvalue weighted by molar-refractivity contribution is -0.126. The van der Waals surface area contributed by atoms with Crippen LogP contribution in [0.1, 0.15) is 34.7 Å². The van der Waals surface area contributed by atoms with Gasteiger partial charge in [0.05, 0.1) is 36.3 Å². The zero-order chi connectivity index (χ0) is 23.4. The maximum atomic E-state index is 12.9. The van der Waals surface area contributed by atoms with Crippen LogP contribution in [-0.4, -0.2) is 57.1 Å². The number of carbonyl (C=O) groups excluding carboxylic acids is 2. The second kappa shape index (κ2) is 9.99. The Labute approximate surface area is 196 Å². The molecule has 0 aliphatic carbocycles. The Morgan fingerprint density at radius 3 is 2.79 bits per heavy atom. The summed E-state index contributed by atoms with van der Waals surface area (Å²) in [4.78, 5) is 35.7. The molecule has 33 heavy (non-hydrogen) atoms. The first-order valence-corrected chi connectivity index (χ1v) is 11.1. The van der Waals surface area contributed by atoms with E-state index in [1.54, 1.807) is 17.0 Å². The van der Waals surface area contributed by atoms with Crippen LogP contribution >= 0.6 is 11.6 Å². The van der Waals surface area contributed by atoms with Crippen LogP contribution in [0.3, 0.4) is 0 Å². The number of carbonyl (C=O) groups is 2. The molecule has 0 atom stereocenters. The van der Waals surface area contributed by atoms with E-state index in [1.807, 2.05) is 25.1 Å². The summed E-state index contributed by atoms with van der Waals surface area (Å²) in [5.74, 6) is 0.118. The number of nitrogens with one attached hydrogen (secondary N) is 2. The molecule has 0 radical (unpaired) electrons. The number of aromatic nitrogens is 4. The Kier molecular flexibility index (Phi) is 6.88. The lowest BCUT2D eigenvalue weighted by atomic mass is 9.95. The highest BCUT2D eigenvalue weighted by molar-refractivity contribution is 6.33. The van der Waals surface area contributed by atoms with Crippen molar-refractivity contribution in [1.82, 2.24) is 30.4 Å². The van der Waals surface area contributed by atoms with Crippen molar-refractivity contribution in [3.05, 3.63) is 58.6 Å². The van der Waals surface area contributed by atoms with Gasteiger partial charge in [-0.05, 0) is 38.0 Å². The fraction of sp³-hybridized carbons (Fsp3) is 0.348. The lowest BCUT2D eigenvalue weighted by Gasteiger charge is -2.31. The Balaban J connectivity index is 1.33. The normalized spacial score (nSPS) is 14.2. The first-order valence-electron chi connectivity index (χ1n) is 10.7. The van der Waals surface area contributed by atoms with Crippen molar-refractivity contribution in [2.24, 2.45) is 5.92 Å². The van der Waals surface area contributed by atoms with E-state index in [0.29, 0.717) is 60.3 Å². The third kappa shape index (κ3) is 5.31. The number of amides is 2. The molecule has 2 N–H and O–H groups in total. The van der Waals surface area contributed by atoms with Crippen LogP contribution in [0, 0.1) is 12.8 Å². The van der Waals surface area contributed by atoms with Gasteiger partial charge >= 0.3 is 0 Å². The van der Waals surface area contributed by atoms with E-state index >= 15 is 0 Å². The number of piperidine rings is 1. The number of methoxy groups -OCH3 is 1. The minimum absolute atomic E-state index is 0.00416. The number of rotatable bonds is 6. The van der Waals surface area contributed by atoms with Crippen molar-refractivity contribution in [2.45, 2.75) is 26.3 Å². The summed E-state index contributed by atoms with van der Waals surface area (Å²) < 4.78 is 5.14. The molecule has 3 aromatic heterocycles. The van der Waals surface area contributed by atoms with Gasteiger partial charge in [-0.3, -0.25) is 19.7 Å². The molecule has 1 aliphatic rings. The number of nitrogens with zero attached hydrogens (tertiary/aromatic N) is 4. The highest BCUT2D eigenvalue weighted by atomic mass is 35.5. The molecule has 0 unspecified atom stereocenters. The number of aromatic amines is 1. The van der Waals surface area contributed by atoms with Gasteiger partial charge in [-0.2, -0.15) is 5.10 Å². The van der Waals surface area contributed by atoms with E-state index in [4.69, 9.17) is 16.3 Å². The lowest BCUT2D eigenvalue weighted by Crippen LogP contribution is -2.43. The first kappa shape index (κ1) is 22.7. The topological polar surface area (TPSA) is 113 Å². The van der Waals surface area contributed by atoms with Crippen LogP contribution in [0.5, 0.6) is 5.88 Å². The zero-order valence-electron chi connectivity index (χ0n) is 18.5. The molecule has 1 saturated heterocycles. The van der Waals surface area contributed by atoms with Gasteiger partial charge < -0.3 is 15.0 Å². The van der Waals surface area contributed by atoms with E-state index in [0.717, 1.165) is 11.4 Å². The van der Waals surface area contributed by atoms with Gasteiger partial charge in [0.25, 0.3) is 5.91 Å². The molecule has 2 amide bonds. The predicted octanol–water partition coefficient (Wildman–Crippen LogP) is 3.01. The largest absolute Gasteiger partial charge is 0.481 e. The average Bonchev–Trinajstić information content (AvgIpc) is 3.32. The maximum Gasteiger partial charge on any atom is 0.271 e. The summed E-state index contributed by atoms with van der Waals surface area (Å²) in [5, 5.41) is 10.4. The smallest absolute Gasteiger partial charge is 0.271 e. The van der Waals surface area contributed by atoms with Gasteiger partial charge in [0.2, 0.25) is 11.8 Å². The fourth-order valence-electron chi connectivity index (χ4n) is 3.83. The Morgan fingerprint density at radius 2 is 2.06 bits per heavy atom. The SMILES string of the molecule is COc1cc(-c2cc(C(=O)N3CCC(C(=O)NCc4cccc(C)n4)CC3)[nH]n2)c(Cl)cn1. The van der Waals surface area contributed by atoms with Crippen molar-refractivity contribution >= 4 is 23.4 Å². The van der Waals surface area contributed by atoms with Crippen molar-refractivity contribution < 1.29 is 14.3 Å². The predicted molar refractivity (Wildman–Crippen MR) is 123 cm³/mol. The number of hydrogen-bond donors (Lipinski definition) is 2. The van der Waals surface area contributed by atoms with Gasteiger partial charge in [-0.1, -0.05) is 17.7 Å². The first-order chi connectivity index (χ1) is 15.9. The van der Waals surface area contributed by atoms with E-state index in [9.17, 15) is 9.59 Å².